The van der Waals surface area contributed by atoms with E-state index in [2.05, 4.69) is 13.8 Å². The van der Waals surface area contributed by atoms with Crippen LogP contribution in [0.5, 0.6) is 0 Å². The molecule has 2 unspecified atom stereocenters. The summed E-state index contributed by atoms with van der Waals surface area (Å²) in [6.07, 6.45) is 33.7. The summed E-state index contributed by atoms with van der Waals surface area (Å²) < 4.78 is 0. The van der Waals surface area contributed by atoms with E-state index >= 15 is 0 Å². The van der Waals surface area contributed by atoms with Crippen molar-refractivity contribution in [2.45, 2.75) is 155 Å². The number of unbranched alkanes of at least 4 members (excludes halogenated alkanes) is 2. The SMILES string of the molecule is CCCCCC1CCC(CC(CC(CCC)C2CCCCC2)C2CCCCC2)CC1. The Kier molecular flexibility index (Phi) is 11.7. The Bertz CT molecular complexity index is 406. The predicted octanol–water partition coefficient (Wildman–Crippen LogP) is 10.3. The molecule has 0 aromatic rings. The molecular weight excluding hydrogens is 360 g/mol. The quantitative estimate of drug-likeness (QED) is 0.277. The molecule has 0 spiro atoms. The summed E-state index contributed by atoms with van der Waals surface area (Å²) in [6.45, 7) is 4.80. The zero-order valence-electron chi connectivity index (χ0n) is 21.0. The van der Waals surface area contributed by atoms with Gasteiger partial charge in [-0.15, -0.1) is 0 Å². The molecule has 0 radical (unpaired) electrons. The van der Waals surface area contributed by atoms with Crippen molar-refractivity contribution in [1.82, 2.24) is 0 Å². The summed E-state index contributed by atoms with van der Waals surface area (Å²) in [5.74, 6) is 6.46. The van der Waals surface area contributed by atoms with E-state index in [9.17, 15) is 0 Å². The van der Waals surface area contributed by atoms with E-state index in [0.29, 0.717) is 0 Å². The summed E-state index contributed by atoms with van der Waals surface area (Å²) in [7, 11) is 0. The van der Waals surface area contributed by atoms with Crippen LogP contribution in [0, 0.1) is 35.5 Å². The molecule has 30 heavy (non-hydrogen) atoms. The van der Waals surface area contributed by atoms with Gasteiger partial charge in [0, 0.05) is 0 Å². The molecule has 0 nitrogen and oxygen atoms in total. The molecule has 0 saturated heterocycles. The predicted molar refractivity (Wildman–Crippen MR) is 134 cm³/mol. The van der Waals surface area contributed by atoms with Gasteiger partial charge in [-0.2, -0.15) is 0 Å². The van der Waals surface area contributed by atoms with E-state index in [1.165, 1.54) is 77.0 Å². The van der Waals surface area contributed by atoms with E-state index in [4.69, 9.17) is 0 Å². The molecule has 3 saturated carbocycles. The van der Waals surface area contributed by atoms with Crippen LogP contribution in [0.2, 0.25) is 0 Å². The molecule has 3 aliphatic rings. The summed E-state index contributed by atoms with van der Waals surface area (Å²) in [5, 5.41) is 0. The van der Waals surface area contributed by atoms with Crippen molar-refractivity contribution < 1.29 is 0 Å². The fourth-order valence-electron chi connectivity index (χ4n) is 7.86. The second-order valence-corrected chi connectivity index (χ2v) is 12.0. The van der Waals surface area contributed by atoms with Gasteiger partial charge in [0.15, 0.2) is 0 Å². The molecule has 0 heterocycles. The maximum atomic E-state index is 2.45. The van der Waals surface area contributed by atoms with Gasteiger partial charge in [0.25, 0.3) is 0 Å². The summed E-state index contributed by atoms with van der Waals surface area (Å²) >= 11 is 0. The Labute approximate surface area is 190 Å². The molecule has 0 heteroatoms. The molecule has 3 fully saturated rings. The van der Waals surface area contributed by atoms with E-state index in [-0.39, 0.29) is 0 Å². The third kappa shape index (κ3) is 8.16. The van der Waals surface area contributed by atoms with Gasteiger partial charge < -0.3 is 0 Å². The number of hydrogen-bond donors (Lipinski definition) is 0. The molecule has 0 bridgehead atoms. The molecule has 0 aromatic carbocycles. The van der Waals surface area contributed by atoms with E-state index in [1.807, 2.05) is 0 Å². The van der Waals surface area contributed by atoms with Gasteiger partial charge in [0.1, 0.15) is 0 Å². The second-order valence-electron chi connectivity index (χ2n) is 12.0. The first kappa shape index (κ1) is 24.6. The van der Waals surface area contributed by atoms with Crippen LogP contribution in [0.15, 0.2) is 0 Å². The summed E-state index contributed by atoms with van der Waals surface area (Å²) in [5.41, 5.74) is 0. The van der Waals surface area contributed by atoms with Crippen LogP contribution in [-0.2, 0) is 0 Å². The van der Waals surface area contributed by atoms with Gasteiger partial charge in [0.2, 0.25) is 0 Å². The maximum Gasteiger partial charge on any atom is -0.0380 e. The highest BCUT2D eigenvalue weighted by atomic mass is 14.4. The fourth-order valence-corrected chi connectivity index (χ4v) is 7.86. The lowest BCUT2D eigenvalue weighted by Gasteiger charge is -2.39. The average molecular weight is 417 g/mol. The van der Waals surface area contributed by atoms with Crippen LogP contribution in [0.3, 0.4) is 0 Å². The Balaban J connectivity index is 1.54. The Hall–Kier alpha value is 0. The fraction of sp³-hybridized carbons (Fsp3) is 1.00. The van der Waals surface area contributed by atoms with E-state index < -0.39 is 0 Å². The lowest BCUT2D eigenvalue weighted by Crippen LogP contribution is -2.28. The summed E-state index contributed by atoms with van der Waals surface area (Å²) in [4.78, 5) is 0. The highest BCUT2D eigenvalue weighted by Gasteiger charge is 2.32. The smallest absolute Gasteiger partial charge is 0.0380 e. The van der Waals surface area contributed by atoms with Crippen LogP contribution in [-0.4, -0.2) is 0 Å². The third-order valence-corrected chi connectivity index (χ3v) is 9.72. The highest BCUT2D eigenvalue weighted by Crippen LogP contribution is 2.44. The van der Waals surface area contributed by atoms with Crippen LogP contribution in [0.25, 0.3) is 0 Å². The van der Waals surface area contributed by atoms with E-state index in [1.54, 1.807) is 64.2 Å². The maximum absolute atomic E-state index is 2.45. The standard InChI is InChI=1S/C30H56/c1-3-5-8-14-25-19-21-26(22-20-25)23-30(28-17-11-7-12-18-28)24-29(13-4-2)27-15-9-6-10-16-27/h25-30H,3-24H2,1-2H3. The van der Waals surface area contributed by atoms with Crippen molar-refractivity contribution in [3.63, 3.8) is 0 Å². The van der Waals surface area contributed by atoms with Crippen molar-refractivity contribution >= 4 is 0 Å². The Morgan fingerprint density at radius 1 is 0.567 bits per heavy atom. The van der Waals surface area contributed by atoms with Gasteiger partial charge in [-0.3, -0.25) is 0 Å². The van der Waals surface area contributed by atoms with Gasteiger partial charge in [-0.1, -0.05) is 142 Å². The monoisotopic (exact) mass is 416 g/mol. The van der Waals surface area contributed by atoms with E-state index in [0.717, 1.165) is 35.5 Å². The van der Waals surface area contributed by atoms with Crippen molar-refractivity contribution in [1.29, 1.82) is 0 Å². The largest absolute Gasteiger partial charge is 0.0654 e. The lowest BCUT2D eigenvalue weighted by atomic mass is 9.66. The lowest BCUT2D eigenvalue weighted by molar-refractivity contribution is 0.118. The van der Waals surface area contributed by atoms with Crippen molar-refractivity contribution in [3.05, 3.63) is 0 Å². The molecule has 0 amide bonds. The number of hydrogen-bond acceptors (Lipinski definition) is 0. The topological polar surface area (TPSA) is 0 Å². The van der Waals surface area contributed by atoms with Crippen molar-refractivity contribution in [3.8, 4) is 0 Å². The minimum atomic E-state index is 1.06. The first-order valence-corrected chi connectivity index (χ1v) is 14.8. The zero-order valence-corrected chi connectivity index (χ0v) is 21.0. The molecule has 3 aliphatic carbocycles. The summed E-state index contributed by atoms with van der Waals surface area (Å²) in [6, 6.07) is 0. The Morgan fingerprint density at radius 2 is 1.13 bits per heavy atom. The van der Waals surface area contributed by atoms with Crippen molar-refractivity contribution in [2.24, 2.45) is 35.5 Å². The molecule has 0 aromatic heterocycles. The normalized spacial score (nSPS) is 29.0. The minimum absolute atomic E-state index is 1.06. The van der Waals surface area contributed by atoms with Gasteiger partial charge in [0.05, 0.1) is 0 Å². The van der Waals surface area contributed by atoms with Crippen LogP contribution in [0.4, 0.5) is 0 Å². The third-order valence-electron chi connectivity index (χ3n) is 9.72. The molecule has 3 rings (SSSR count). The van der Waals surface area contributed by atoms with Crippen LogP contribution < -0.4 is 0 Å². The number of rotatable bonds is 12. The molecule has 0 aliphatic heterocycles. The Morgan fingerprint density at radius 3 is 1.70 bits per heavy atom. The first-order valence-electron chi connectivity index (χ1n) is 14.8. The zero-order chi connectivity index (χ0) is 21.0. The molecule has 176 valence electrons. The molecule has 0 N–H and O–H groups in total. The van der Waals surface area contributed by atoms with Crippen LogP contribution >= 0.6 is 0 Å². The minimum Gasteiger partial charge on any atom is -0.0654 e. The van der Waals surface area contributed by atoms with Crippen molar-refractivity contribution in [2.75, 3.05) is 0 Å². The van der Waals surface area contributed by atoms with Gasteiger partial charge in [-0.05, 0) is 48.3 Å². The van der Waals surface area contributed by atoms with Crippen LogP contribution in [0.1, 0.15) is 155 Å². The average Bonchev–Trinajstić information content (AvgIpc) is 2.80. The van der Waals surface area contributed by atoms with Gasteiger partial charge in [-0.25, -0.2) is 0 Å². The molecular formula is C30H56. The second kappa shape index (κ2) is 14.2. The highest BCUT2D eigenvalue weighted by molar-refractivity contribution is 4.84. The molecule has 2 atom stereocenters. The first-order chi connectivity index (χ1) is 14.8. The van der Waals surface area contributed by atoms with Gasteiger partial charge >= 0.3 is 0 Å².